The number of ether oxygens (including phenoxy) is 2. The van der Waals surface area contributed by atoms with Crippen LogP contribution in [-0.4, -0.2) is 40.7 Å². The van der Waals surface area contributed by atoms with E-state index in [1.165, 1.54) is 34.4 Å². The molecule has 1 saturated heterocycles. The lowest BCUT2D eigenvalue weighted by atomic mass is 10.1. The summed E-state index contributed by atoms with van der Waals surface area (Å²) < 4.78 is 12.9. The summed E-state index contributed by atoms with van der Waals surface area (Å²) in [4.78, 5) is 30.5. The van der Waals surface area contributed by atoms with Crippen LogP contribution < -0.4 is 9.47 Å². The monoisotopic (exact) mass is 628 g/mol. The topological polar surface area (TPSA) is 88.4 Å². The van der Waals surface area contributed by atoms with Crippen LogP contribution in [0.2, 0.25) is 0 Å². The largest absolute Gasteiger partial charge is 0.490 e. The van der Waals surface area contributed by atoms with Crippen LogP contribution in [0.5, 0.6) is 11.5 Å². The molecule has 4 rings (SSSR count). The van der Waals surface area contributed by atoms with Crippen LogP contribution in [-0.2, 0) is 11.4 Å². The first-order chi connectivity index (χ1) is 17.7. The number of aromatic carboxylic acids is 1. The Hall–Kier alpha value is -3.31. The van der Waals surface area contributed by atoms with Gasteiger partial charge in [-0.15, -0.1) is 0 Å². The molecule has 0 radical (unpaired) electrons. The minimum Gasteiger partial charge on any atom is -0.490 e. The fraction of sp³-hybridized carbons (Fsp3) is 0.179. The standard InChI is InChI=1S/C28H25IN2O5S/c1-4-35-23-14-19(13-22(29)25(23)36-16-18-7-5-17(2)6-8-18)15-24-26(32)31(3)28(37-24)30-21-11-9-20(10-12-21)27(33)34/h5-15H,4,16H2,1-3H3,(H,33,34)/b24-15-,30-28?. The zero-order valence-corrected chi connectivity index (χ0v) is 23.5. The summed E-state index contributed by atoms with van der Waals surface area (Å²) in [6, 6.07) is 18.2. The number of aryl methyl sites for hydroxylation is 1. The zero-order valence-electron chi connectivity index (χ0n) is 20.5. The SMILES string of the molecule is CCOc1cc(/C=C2\SC(=Nc3ccc(C(=O)O)cc3)N(C)C2=O)cc(I)c1OCc1ccc(C)cc1. The van der Waals surface area contributed by atoms with Gasteiger partial charge in [0.25, 0.3) is 5.91 Å². The number of benzene rings is 3. The number of likely N-dealkylation sites (N-methyl/N-ethyl adjacent to an activating group) is 1. The molecule has 3 aromatic carbocycles. The van der Waals surface area contributed by atoms with Crippen molar-refractivity contribution in [2.75, 3.05) is 13.7 Å². The van der Waals surface area contributed by atoms with Crippen LogP contribution in [0.4, 0.5) is 5.69 Å². The van der Waals surface area contributed by atoms with Crippen molar-refractivity contribution in [1.29, 1.82) is 0 Å². The minimum atomic E-state index is -1.00. The Morgan fingerprint density at radius 3 is 2.46 bits per heavy atom. The number of carbonyl (C=O) groups is 2. The number of hydrogen-bond acceptors (Lipinski definition) is 6. The molecule has 1 fully saturated rings. The molecule has 37 heavy (non-hydrogen) atoms. The van der Waals surface area contributed by atoms with E-state index in [0.717, 1.165) is 14.7 Å². The molecule has 0 bridgehead atoms. The van der Waals surface area contributed by atoms with Gasteiger partial charge in [0.15, 0.2) is 16.7 Å². The molecule has 0 unspecified atom stereocenters. The molecule has 1 aliphatic rings. The van der Waals surface area contributed by atoms with Crippen molar-refractivity contribution in [2.24, 2.45) is 4.99 Å². The van der Waals surface area contributed by atoms with Crippen LogP contribution >= 0.6 is 34.4 Å². The Kier molecular flexibility index (Phi) is 8.55. The average Bonchev–Trinajstić information content (AvgIpc) is 3.12. The average molecular weight is 628 g/mol. The van der Waals surface area contributed by atoms with E-state index in [-0.39, 0.29) is 11.5 Å². The lowest BCUT2D eigenvalue weighted by Gasteiger charge is -2.15. The number of carbonyl (C=O) groups excluding carboxylic acids is 1. The second kappa shape index (κ2) is 11.8. The van der Waals surface area contributed by atoms with Crippen molar-refractivity contribution in [3.8, 4) is 11.5 Å². The molecule has 7 nitrogen and oxygen atoms in total. The van der Waals surface area contributed by atoms with E-state index in [9.17, 15) is 9.59 Å². The van der Waals surface area contributed by atoms with Gasteiger partial charge in [0.1, 0.15) is 6.61 Å². The highest BCUT2D eigenvalue weighted by molar-refractivity contribution is 14.1. The van der Waals surface area contributed by atoms with Crippen LogP contribution in [0.1, 0.15) is 34.0 Å². The maximum Gasteiger partial charge on any atom is 0.335 e. The zero-order chi connectivity index (χ0) is 26.5. The highest BCUT2D eigenvalue weighted by Gasteiger charge is 2.30. The smallest absolute Gasteiger partial charge is 0.335 e. The highest BCUT2D eigenvalue weighted by Crippen LogP contribution is 2.38. The van der Waals surface area contributed by atoms with Crippen molar-refractivity contribution in [3.63, 3.8) is 0 Å². The first-order valence-electron chi connectivity index (χ1n) is 11.5. The second-order valence-corrected chi connectivity index (χ2v) is 10.4. The van der Waals surface area contributed by atoms with Gasteiger partial charge in [0, 0.05) is 7.05 Å². The predicted octanol–water partition coefficient (Wildman–Crippen LogP) is 6.51. The fourth-order valence-corrected chi connectivity index (χ4v) is 5.27. The number of amidine groups is 1. The van der Waals surface area contributed by atoms with Crippen LogP contribution in [0.3, 0.4) is 0 Å². The van der Waals surface area contributed by atoms with Gasteiger partial charge < -0.3 is 14.6 Å². The number of halogens is 1. The van der Waals surface area contributed by atoms with Crippen LogP contribution in [0.25, 0.3) is 6.08 Å². The molecule has 190 valence electrons. The molecule has 0 atom stereocenters. The van der Waals surface area contributed by atoms with E-state index in [2.05, 4.69) is 39.7 Å². The van der Waals surface area contributed by atoms with E-state index in [4.69, 9.17) is 14.6 Å². The Bertz CT molecular complexity index is 1380. The van der Waals surface area contributed by atoms with Gasteiger partial charge >= 0.3 is 5.97 Å². The molecule has 1 heterocycles. The quantitative estimate of drug-likeness (QED) is 0.226. The van der Waals surface area contributed by atoms with Crippen molar-refractivity contribution in [3.05, 3.63) is 91.4 Å². The fourth-order valence-electron chi connectivity index (χ4n) is 3.51. The van der Waals surface area contributed by atoms with Gasteiger partial charge in [-0.3, -0.25) is 9.69 Å². The summed E-state index contributed by atoms with van der Waals surface area (Å²) in [6.45, 7) is 4.86. The number of aliphatic imine (C=N–C) groups is 1. The number of amides is 1. The maximum atomic E-state index is 12.9. The molecule has 1 amide bonds. The number of thioether (sulfide) groups is 1. The normalized spacial score (nSPS) is 15.5. The second-order valence-electron chi connectivity index (χ2n) is 8.26. The third kappa shape index (κ3) is 6.53. The maximum absolute atomic E-state index is 12.9. The minimum absolute atomic E-state index is 0.168. The van der Waals surface area contributed by atoms with Crippen molar-refractivity contribution >= 4 is 63.2 Å². The van der Waals surface area contributed by atoms with E-state index >= 15 is 0 Å². The third-order valence-electron chi connectivity index (χ3n) is 5.48. The Balaban J connectivity index is 1.57. The number of carboxylic acid groups (broad SMARTS) is 1. The molecule has 9 heteroatoms. The predicted molar refractivity (Wildman–Crippen MR) is 155 cm³/mol. The number of hydrogen-bond donors (Lipinski definition) is 1. The van der Waals surface area contributed by atoms with Crippen molar-refractivity contribution < 1.29 is 24.2 Å². The number of rotatable bonds is 8. The lowest BCUT2D eigenvalue weighted by molar-refractivity contribution is -0.121. The van der Waals surface area contributed by atoms with E-state index in [0.29, 0.717) is 40.5 Å². The molecule has 3 aromatic rings. The van der Waals surface area contributed by atoms with Crippen LogP contribution in [0, 0.1) is 10.5 Å². The summed E-state index contributed by atoms with van der Waals surface area (Å²) >= 11 is 3.48. The van der Waals surface area contributed by atoms with Crippen molar-refractivity contribution in [2.45, 2.75) is 20.5 Å². The first-order valence-corrected chi connectivity index (χ1v) is 13.4. The molecule has 1 N–H and O–H groups in total. The van der Waals surface area contributed by atoms with E-state index in [1.54, 1.807) is 19.2 Å². The molecular formula is C28H25IN2O5S. The lowest BCUT2D eigenvalue weighted by Crippen LogP contribution is -2.23. The Morgan fingerprint density at radius 1 is 1.11 bits per heavy atom. The highest BCUT2D eigenvalue weighted by atomic mass is 127. The summed E-state index contributed by atoms with van der Waals surface area (Å²) in [6.07, 6.45) is 1.81. The van der Waals surface area contributed by atoms with E-state index in [1.807, 2.05) is 44.2 Å². The van der Waals surface area contributed by atoms with Gasteiger partial charge in [-0.2, -0.15) is 0 Å². The Morgan fingerprint density at radius 2 is 1.81 bits per heavy atom. The summed E-state index contributed by atoms with van der Waals surface area (Å²) in [5.74, 6) is 0.113. The molecule has 0 aliphatic carbocycles. The molecule has 0 aromatic heterocycles. The molecular weight excluding hydrogens is 603 g/mol. The first kappa shape index (κ1) is 26.7. The molecule has 0 saturated carbocycles. The van der Waals surface area contributed by atoms with Gasteiger partial charge in [0.05, 0.1) is 26.3 Å². The summed E-state index contributed by atoms with van der Waals surface area (Å²) in [5.41, 5.74) is 3.82. The molecule has 1 aliphatic heterocycles. The number of nitrogens with zero attached hydrogens (tertiary/aromatic N) is 2. The molecule has 0 spiro atoms. The van der Waals surface area contributed by atoms with Gasteiger partial charge in [-0.25, -0.2) is 9.79 Å². The van der Waals surface area contributed by atoms with Crippen molar-refractivity contribution in [1.82, 2.24) is 4.90 Å². The van der Waals surface area contributed by atoms with Gasteiger partial charge in [-0.05, 0) is 102 Å². The van der Waals surface area contributed by atoms with Gasteiger partial charge in [-0.1, -0.05) is 29.8 Å². The summed E-state index contributed by atoms with van der Waals surface area (Å²) in [5, 5.41) is 9.59. The Labute approximate surface area is 233 Å². The van der Waals surface area contributed by atoms with Gasteiger partial charge in [0.2, 0.25) is 0 Å². The number of carboxylic acids is 1. The third-order valence-corrected chi connectivity index (χ3v) is 7.34. The van der Waals surface area contributed by atoms with Crippen LogP contribution in [0.15, 0.2) is 70.6 Å². The van der Waals surface area contributed by atoms with E-state index < -0.39 is 5.97 Å². The summed E-state index contributed by atoms with van der Waals surface area (Å²) in [7, 11) is 1.66.